The van der Waals surface area contributed by atoms with E-state index in [0.29, 0.717) is 18.0 Å². The van der Waals surface area contributed by atoms with Gasteiger partial charge in [0, 0.05) is 18.5 Å². The summed E-state index contributed by atoms with van der Waals surface area (Å²) in [4.78, 5) is 24.9. The molecule has 0 atom stereocenters. The molecule has 3 heterocycles. The number of phenolic OH excluding ortho intramolecular Hbond substituents is 1. The van der Waals surface area contributed by atoms with E-state index in [1.165, 1.54) is 10.9 Å². The van der Waals surface area contributed by atoms with Crippen molar-refractivity contribution in [2.45, 2.75) is 13.5 Å². The number of pyridine rings is 1. The molecule has 0 aliphatic rings. The minimum atomic E-state index is -0.267. The van der Waals surface area contributed by atoms with Gasteiger partial charge in [-0.2, -0.15) is 0 Å². The van der Waals surface area contributed by atoms with Crippen LogP contribution in [0.5, 0.6) is 5.75 Å². The van der Waals surface area contributed by atoms with Crippen molar-refractivity contribution in [2.24, 2.45) is 0 Å². The van der Waals surface area contributed by atoms with Crippen molar-refractivity contribution in [1.82, 2.24) is 19.5 Å². The molecule has 0 radical (unpaired) electrons. The number of nitrogens with zero attached hydrogens (tertiary/aromatic N) is 4. The first-order chi connectivity index (χ1) is 11.1. The molecule has 7 nitrogen and oxygen atoms in total. The molecule has 4 rings (SSSR count). The highest BCUT2D eigenvalue weighted by atomic mass is 16.4. The maximum absolute atomic E-state index is 12.5. The summed E-state index contributed by atoms with van der Waals surface area (Å²) in [6.07, 6.45) is 3.05. The Bertz CT molecular complexity index is 1100. The number of hydrogen-bond acceptors (Lipinski definition) is 6. The third-order valence-corrected chi connectivity index (χ3v) is 3.67. The monoisotopic (exact) mass is 308 g/mol. The van der Waals surface area contributed by atoms with Gasteiger partial charge in [0.2, 0.25) is 0 Å². The molecule has 4 aromatic rings. The zero-order valence-corrected chi connectivity index (χ0v) is 12.2. The molecule has 3 aromatic heterocycles. The molecular formula is C16H12N4O3. The molecule has 7 heteroatoms. The zero-order valence-electron chi connectivity index (χ0n) is 12.2. The number of hydrogen-bond donors (Lipinski definition) is 1. The van der Waals surface area contributed by atoms with Crippen LogP contribution in [0.2, 0.25) is 0 Å². The van der Waals surface area contributed by atoms with E-state index >= 15 is 0 Å². The van der Waals surface area contributed by atoms with Gasteiger partial charge in [-0.15, -0.1) is 0 Å². The Labute approximate surface area is 129 Å². The van der Waals surface area contributed by atoms with E-state index in [1.807, 2.05) is 6.07 Å². The molecule has 0 bridgehead atoms. The first-order valence-electron chi connectivity index (χ1n) is 7.01. The van der Waals surface area contributed by atoms with E-state index in [-0.39, 0.29) is 22.5 Å². The van der Waals surface area contributed by atoms with Gasteiger partial charge in [-0.3, -0.25) is 14.3 Å². The first-order valence-corrected chi connectivity index (χ1v) is 7.01. The molecule has 0 amide bonds. The molecule has 0 aliphatic heterocycles. The molecule has 0 saturated heterocycles. The molecular weight excluding hydrogens is 296 g/mol. The van der Waals surface area contributed by atoms with Crippen LogP contribution in [0, 0.1) is 6.92 Å². The van der Waals surface area contributed by atoms with Gasteiger partial charge >= 0.3 is 0 Å². The van der Waals surface area contributed by atoms with Gasteiger partial charge in [0.15, 0.2) is 11.4 Å². The zero-order chi connectivity index (χ0) is 16.0. The van der Waals surface area contributed by atoms with Crippen molar-refractivity contribution in [1.29, 1.82) is 0 Å². The fourth-order valence-corrected chi connectivity index (χ4v) is 2.60. The van der Waals surface area contributed by atoms with Gasteiger partial charge in [0.05, 0.1) is 6.54 Å². The van der Waals surface area contributed by atoms with Crippen molar-refractivity contribution in [3.63, 3.8) is 0 Å². The third-order valence-electron chi connectivity index (χ3n) is 3.67. The lowest BCUT2D eigenvalue weighted by Gasteiger charge is -2.09. The predicted molar refractivity (Wildman–Crippen MR) is 83.3 cm³/mol. The van der Waals surface area contributed by atoms with Crippen molar-refractivity contribution in [3.05, 3.63) is 58.6 Å². The Morgan fingerprint density at radius 3 is 2.96 bits per heavy atom. The van der Waals surface area contributed by atoms with Crippen LogP contribution in [0.4, 0.5) is 0 Å². The van der Waals surface area contributed by atoms with Crippen LogP contribution >= 0.6 is 0 Å². The van der Waals surface area contributed by atoms with Crippen LogP contribution in [-0.2, 0) is 6.54 Å². The van der Waals surface area contributed by atoms with Gasteiger partial charge in [-0.1, -0.05) is 12.1 Å². The van der Waals surface area contributed by atoms with E-state index in [9.17, 15) is 9.90 Å². The number of benzene rings is 1. The predicted octanol–water partition coefficient (Wildman–Crippen LogP) is 2.00. The van der Waals surface area contributed by atoms with Crippen LogP contribution in [0.1, 0.15) is 11.5 Å². The molecule has 1 aromatic carbocycles. The molecule has 0 saturated carbocycles. The SMILES string of the molecule is Cc1nc2c(=O)n(Cc3ccc(O)c4ncccc34)cnc2o1. The van der Waals surface area contributed by atoms with E-state index in [0.717, 1.165) is 10.9 Å². The lowest BCUT2D eigenvalue weighted by molar-refractivity contribution is 0.480. The summed E-state index contributed by atoms with van der Waals surface area (Å²) >= 11 is 0. The van der Waals surface area contributed by atoms with Crippen molar-refractivity contribution >= 4 is 22.1 Å². The Hall–Kier alpha value is -3.22. The maximum Gasteiger partial charge on any atom is 0.283 e. The summed E-state index contributed by atoms with van der Waals surface area (Å²) in [6, 6.07) is 6.98. The summed E-state index contributed by atoms with van der Waals surface area (Å²) in [5, 5.41) is 10.7. The molecule has 23 heavy (non-hydrogen) atoms. The van der Waals surface area contributed by atoms with Crippen LogP contribution in [0.3, 0.4) is 0 Å². The highest BCUT2D eigenvalue weighted by Gasteiger charge is 2.12. The number of aromatic hydroxyl groups is 1. The van der Waals surface area contributed by atoms with Crippen LogP contribution in [-0.4, -0.2) is 24.6 Å². The van der Waals surface area contributed by atoms with E-state index < -0.39 is 0 Å². The quantitative estimate of drug-likeness (QED) is 0.608. The minimum Gasteiger partial charge on any atom is -0.506 e. The normalized spacial score (nSPS) is 11.3. The number of oxazole rings is 1. The first kappa shape index (κ1) is 13.4. The molecule has 0 spiro atoms. The molecule has 0 unspecified atom stereocenters. The minimum absolute atomic E-state index is 0.109. The summed E-state index contributed by atoms with van der Waals surface area (Å²) < 4.78 is 6.72. The maximum atomic E-state index is 12.5. The Morgan fingerprint density at radius 2 is 2.09 bits per heavy atom. The van der Waals surface area contributed by atoms with Crippen molar-refractivity contribution in [3.8, 4) is 5.75 Å². The number of rotatable bonds is 2. The van der Waals surface area contributed by atoms with Crippen molar-refractivity contribution < 1.29 is 9.52 Å². The highest BCUT2D eigenvalue weighted by Crippen LogP contribution is 2.25. The van der Waals surface area contributed by atoms with Crippen LogP contribution < -0.4 is 5.56 Å². The summed E-state index contributed by atoms with van der Waals surface area (Å²) in [5.74, 6) is 0.513. The lowest BCUT2D eigenvalue weighted by Crippen LogP contribution is -2.21. The standard InChI is InChI=1S/C16H12N4O3/c1-9-19-14-15(23-9)18-8-20(16(14)22)7-10-4-5-12(21)13-11(10)3-2-6-17-13/h2-6,8,21H,7H2,1H3. The van der Waals surface area contributed by atoms with Gasteiger partial charge in [0.25, 0.3) is 11.3 Å². The molecule has 114 valence electrons. The Morgan fingerprint density at radius 1 is 1.22 bits per heavy atom. The highest BCUT2D eigenvalue weighted by molar-refractivity contribution is 5.87. The average Bonchev–Trinajstić information content (AvgIpc) is 2.94. The van der Waals surface area contributed by atoms with E-state index in [2.05, 4.69) is 15.0 Å². The van der Waals surface area contributed by atoms with Crippen LogP contribution in [0.15, 0.2) is 46.0 Å². The fraction of sp³-hybridized carbons (Fsp3) is 0.125. The second-order valence-electron chi connectivity index (χ2n) is 5.21. The summed E-state index contributed by atoms with van der Waals surface area (Å²) in [7, 11) is 0. The summed E-state index contributed by atoms with van der Waals surface area (Å²) in [5.41, 5.74) is 1.54. The molecule has 0 fully saturated rings. The van der Waals surface area contributed by atoms with E-state index in [4.69, 9.17) is 4.42 Å². The Kier molecular flexibility index (Phi) is 2.87. The largest absolute Gasteiger partial charge is 0.506 e. The van der Waals surface area contributed by atoms with Gasteiger partial charge in [-0.25, -0.2) is 9.97 Å². The lowest BCUT2D eigenvalue weighted by atomic mass is 10.1. The molecule has 1 N–H and O–H groups in total. The molecule has 0 aliphatic carbocycles. The summed E-state index contributed by atoms with van der Waals surface area (Å²) in [6.45, 7) is 1.97. The fourth-order valence-electron chi connectivity index (χ4n) is 2.60. The number of aromatic nitrogens is 4. The van der Waals surface area contributed by atoms with E-state index in [1.54, 1.807) is 31.3 Å². The topological polar surface area (TPSA) is 94.0 Å². The average molecular weight is 308 g/mol. The number of fused-ring (bicyclic) bond motifs is 2. The Balaban J connectivity index is 1.87. The number of aryl methyl sites for hydroxylation is 1. The second kappa shape index (κ2) is 4.91. The van der Waals surface area contributed by atoms with Gasteiger partial charge in [-0.05, 0) is 17.7 Å². The third kappa shape index (κ3) is 2.13. The van der Waals surface area contributed by atoms with Gasteiger partial charge in [0.1, 0.15) is 17.6 Å². The number of phenols is 1. The van der Waals surface area contributed by atoms with Crippen molar-refractivity contribution in [2.75, 3.05) is 0 Å². The van der Waals surface area contributed by atoms with Crippen LogP contribution in [0.25, 0.3) is 22.1 Å². The second-order valence-corrected chi connectivity index (χ2v) is 5.21. The van der Waals surface area contributed by atoms with Gasteiger partial charge < -0.3 is 9.52 Å². The smallest absolute Gasteiger partial charge is 0.283 e.